The van der Waals surface area contributed by atoms with Gasteiger partial charge in [-0.3, -0.25) is 35.1 Å². The van der Waals surface area contributed by atoms with E-state index in [1.54, 1.807) is 0 Å². The number of nitro benzene ring substituents is 3. The Morgan fingerprint density at radius 1 is 0.880 bits per heavy atom. The maximum Gasteiger partial charge on any atom is 0.289 e. The van der Waals surface area contributed by atoms with Crippen molar-refractivity contribution in [2.45, 2.75) is 0 Å². The Hall–Kier alpha value is -3.41. The Kier molecular flexibility index (Phi) is 5.02. The average molecular weight is 411 g/mol. The van der Waals surface area contributed by atoms with Gasteiger partial charge in [0, 0.05) is 22.7 Å². The van der Waals surface area contributed by atoms with Gasteiger partial charge in [0.1, 0.15) is 5.56 Å². The second-order valence-corrected chi connectivity index (χ2v) is 5.45. The Labute approximate surface area is 146 Å². The first kappa shape index (κ1) is 17.9. The van der Waals surface area contributed by atoms with Crippen LogP contribution in [0.3, 0.4) is 0 Å². The number of nitrogens with zero attached hydrogens (tertiary/aromatic N) is 3. The van der Waals surface area contributed by atoms with E-state index in [9.17, 15) is 35.1 Å². The molecule has 0 radical (unpaired) electrons. The number of carbonyl (C=O) groups excluding carboxylic acids is 1. The van der Waals surface area contributed by atoms with E-state index < -0.39 is 32.1 Å². The molecule has 0 saturated carbocycles. The number of amides is 1. The van der Waals surface area contributed by atoms with Crippen molar-refractivity contribution >= 4 is 44.6 Å². The molecule has 0 bridgehead atoms. The van der Waals surface area contributed by atoms with Gasteiger partial charge in [-0.25, -0.2) is 0 Å². The molecule has 0 fully saturated rings. The van der Waals surface area contributed by atoms with E-state index in [-0.39, 0.29) is 21.4 Å². The summed E-state index contributed by atoms with van der Waals surface area (Å²) in [5, 5.41) is 34.8. The summed E-state index contributed by atoms with van der Waals surface area (Å²) >= 11 is 3.05. The molecule has 0 aliphatic rings. The average Bonchev–Trinajstić information content (AvgIpc) is 2.55. The van der Waals surface area contributed by atoms with Gasteiger partial charge >= 0.3 is 0 Å². The molecule has 2 aromatic carbocycles. The molecule has 0 unspecified atom stereocenters. The molecule has 12 heteroatoms. The maximum absolute atomic E-state index is 12.3. The van der Waals surface area contributed by atoms with Crippen LogP contribution in [0.25, 0.3) is 0 Å². The molecule has 2 aromatic rings. The van der Waals surface area contributed by atoms with Crippen molar-refractivity contribution in [2.24, 2.45) is 0 Å². The summed E-state index contributed by atoms with van der Waals surface area (Å²) in [6.45, 7) is 0. The predicted octanol–water partition coefficient (Wildman–Crippen LogP) is 3.43. The summed E-state index contributed by atoms with van der Waals surface area (Å²) in [7, 11) is 0. The second-order valence-electron chi connectivity index (χ2n) is 4.59. The first-order chi connectivity index (χ1) is 11.7. The summed E-state index contributed by atoms with van der Waals surface area (Å²) in [6, 6.07) is 6.15. The molecule has 128 valence electrons. The van der Waals surface area contributed by atoms with Crippen molar-refractivity contribution in [3.63, 3.8) is 0 Å². The fourth-order valence-corrected chi connectivity index (χ4v) is 2.35. The van der Waals surface area contributed by atoms with E-state index in [2.05, 4.69) is 21.2 Å². The van der Waals surface area contributed by atoms with E-state index in [1.165, 1.54) is 6.07 Å². The highest BCUT2D eigenvalue weighted by Crippen LogP contribution is 2.29. The standard InChI is InChI=1S/C13H7BrN4O7/c14-10-5-7(16(20)21)2-4-11(10)15-13(19)9-3-1-8(17(22)23)6-12(9)18(24)25/h1-6H,(H,15,19). The first-order valence-corrected chi connectivity index (χ1v) is 7.18. The lowest BCUT2D eigenvalue weighted by Gasteiger charge is -2.07. The zero-order valence-electron chi connectivity index (χ0n) is 12.0. The van der Waals surface area contributed by atoms with Gasteiger partial charge in [-0.05, 0) is 28.1 Å². The lowest BCUT2D eigenvalue weighted by Crippen LogP contribution is -2.14. The lowest BCUT2D eigenvalue weighted by atomic mass is 10.1. The number of nitrogens with one attached hydrogen (secondary N) is 1. The minimum atomic E-state index is -0.910. The van der Waals surface area contributed by atoms with Gasteiger partial charge in [-0.2, -0.15) is 0 Å². The largest absolute Gasteiger partial charge is 0.321 e. The van der Waals surface area contributed by atoms with Crippen molar-refractivity contribution in [3.8, 4) is 0 Å². The third kappa shape index (κ3) is 3.92. The van der Waals surface area contributed by atoms with Crippen LogP contribution in [-0.2, 0) is 0 Å². The fraction of sp³-hybridized carbons (Fsp3) is 0. The molecule has 0 heterocycles. The van der Waals surface area contributed by atoms with Crippen LogP contribution < -0.4 is 5.32 Å². The maximum atomic E-state index is 12.3. The van der Waals surface area contributed by atoms with Crippen LogP contribution in [0.1, 0.15) is 10.4 Å². The minimum Gasteiger partial charge on any atom is -0.321 e. The zero-order chi connectivity index (χ0) is 18.7. The van der Waals surface area contributed by atoms with Crippen LogP contribution in [-0.4, -0.2) is 20.7 Å². The number of rotatable bonds is 5. The number of halogens is 1. The number of hydrogen-bond donors (Lipinski definition) is 1. The summed E-state index contributed by atoms with van der Waals surface area (Å²) in [5.41, 5.74) is -1.72. The SMILES string of the molecule is O=C(Nc1ccc([N+](=O)[O-])cc1Br)c1ccc([N+](=O)[O-])cc1[N+](=O)[O-]. The van der Waals surface area contributed by atoms with Crippen LogP contribution in [0.15, 0.2) is 40.9 Å². The van der Waals surface area contributed by atoms with E-state index in [0.717, 1.165) is 24.3 Å². The molecule has 25 heavy (non-hydrogen) atoms. The number of anilines is 1. The first-order valence-electron chi connectivity index (χ1n) is 6.39. The van der Waals surface area contributed by atoms with Gasteiger partial charge in [0.25, 0.3) is 23.0 Å². The van der Waals surface area contributed by atoms with Crippen molar-refractivity contribution < 1.29 is 19.6 Å². The smallest absolute Gasteiger partial charge is 0.289 e. The van der Waals surface area contributed by atoms with Crippen molar-refractivity contribution in [3.05, 3.63) is 76.8 Å². The Bertz CT molecular complexity index is 915. The fourth-order valence-electron chi connectivity index (χ4n) is 1.89. The highest BCUT2D eigenvalue weighted by molar-refractivity contribution is 9.10. The minimum absolute atomic E-state index is 0.142. The zero-order valence-corrected chi connectivity index (χ0v) is 13.6. The molecule has 0 aliphatic carbocycles. The number of benzene rings is 2. The monoisotopic (exact) mass is 410 g/mol. The van der Waals surface area contributed by atoms with Gasteiger partial charge in [0.2, 0.25) is 0 Å². The molecule has 0 saturated heterocycles. The van der Waals surface area contributed by atoms with E-state index in [1.807, 2.05) is 0 Å². The van der Waals surface area contributed by atoms with E-state index in [4.69, 9.17) is 0 Å². The number of nitro groups is 3. The molecule has 0 atom stereocenters. The molecular formula is C13H7BrN4O7. The van der Waals surface area contributed by atoms with Crippen molar-refractivity contribution in [1.29, 1.82) is 0 Å². The predicted molar refractivity (Wildman–Crippen MR) is 88.5 cm³/mol. The Morgan fingerprint density at radius 3 is 1.96 bits per heavy atom. The third-order valence-electron chi connectivity index (χ3n) is 3.05. The van der Waals surface area contributed by atoms with Gasteiger partial charge in [0.15, 0.2) is 0 Å². The van der Waals surface area contributed by atoms with Crippen LogP contribution in [0, 0.1) is 30.3 Å². The van der Waals surface area contributed by atoms with Crippen LogP contribution in [0.4, 0.5) is 22.7 Å². The molecular weight excluding hydrogens is 404 g/mol. The molecule has 0 aliphatic heterocycles. The molecule has 1 N–H and O–H groups in total. The Balaban J connectivity index is 2.37. The molecule has 0 spiro atoms. The van der Waals surface area contributed by atoms with Crippen LogP contribution >= 0.6 is 15.9 Å². The van der Waals surface area contributed by atoms with Crippen molar-refractivity contribution in [2.75, 3.05) is 5.32 Å². The molecule has 2 rings (SSSR count). The molecule has 1 amide bonds. The third-order valence-corrected chi connectivity index (χ3v) is 3.70. The van der Waals surface area contributed by atoms with Gasteiger partial charge in [0.05, 0.1) is 26.5 Å². The van der Waals surface area contributed by atoms with Crippen molar-refractivity contribution in [1.82, 2.24) is 0 Å². The normalized spacial score (nSPS) is 10.1. The molecule has 0 aromatic heterocycles. The number of carbonyl (C=O) groups is 1. The lowest BCUT2D eigenvalue weighted by molar-refractivity contribution is -0.394. The summed E-state index contributed by atoms with van der Waals surface area (Å²) in [4.78, 5) is 42.3. The van der Waals surface area contributed by atoms with E-state index in [0.29, 0.717) is 6.07 Å². The van der Waals surface area contributed by atoms with Crippen LogP contribution in [0.2, 0.25) is 0 Å². The highest BCUT2D eigenvalue weighted by Gasteiger charge is 2.24. The Morgan fingerprint density at radius 2 is 1.44 bits per heavy atom. The van der Waals surface area contributed by atoms with E-state index >= 15 is 0 Å². The molecule has 11 nitrogen and oxygen atoms in total. The summed E-state index contributed by atoms with van der Waals surface area (Å²) < 4.78 is 0.194. The highest BCUT2D eigenvalue weighted by atomic mass is 79.9. The van der Waals surface area contributed by atoms with Gasteiger partial charge in [-0.15, -0.1) is 0 Å². The van der Waals surface area contributed by atoms with Crippen LogP contribution in [0.5, 0.6) is 0 Å². The topological polar surface area (TPSA) is 159 Å². The quantitative estimate of drug-likeness (QED) is 0.583. The van der Waals surface area contributed by atoms with Gasteiger partial charge < -0.3 is 5.32 Å². The summed E-state index contributed by atoms with van der Waals surface area (Å²) in [5.74, 6) is -0.892. The second kappa shape index (κ2) is 7.00. The number of non-ortho nitro benzene ring substituents is 2. The number of hydrogen-bond acceptors (Lipinski definition) is 7. The van der Waals surface area contributed by atoms with Gasteiger partial charge in [-0.1, -0.05) is 0 Å². The summed E-state index contributed by atoms with van der Waals surface area (Å²) in [6.07, 6.45) is 0.